The van der Waals surface area contributed by atoms with Gasteiger partial charge in [-0.2, -0.15) is 0 Å². The summed E-state index contributed by atoms with van der Waals surface area (Å²) in [6, 6.07) is 1.98. The molecular formula is C8H4BrClN2S. The minimum absolute atomic E-state index is 0.484. The van der Waals surface area contributed by atoms with Gasteiger partial charge in [-0.1, -0.05) is 11.6 Å². The Hall–Kier alpha value is -0.450. The van der Waals surface area contributed by atoms with E-state index in [2.05, 4.69) is 25.9 Å². The molecule has 0 atom stereocenters. The molecule has 2 rings (SSSR count). The Morgan fingerprint density at radius 2 is 2.31 bits per heavy atom. The zero-order chi connectivity index (χ0) is 9.26. The summed E-state index contributed by atoms with van der Waals surface area (Å²) in [5.41, 5.74) is 0.867. The largest absolute Gasteiger partial charge is 0.244 e. The number of aromatic nitrogens is 2. The first-order valence-electron chi connectivity index (χ1n) is 3.48. The van der Waals surface area contributed by atoms with Crippen molar-refractivity contribution in [2.24, 2.45) is 0 Å². The Morgan fingerprint density at radius 1 is 1.46 bits per heavy atom. The molecule has 0 spiro atoms. The molecule has 2 nitrogen and oxygen atoms in total. The number of rotatable bonds is 1. The molecule has 0 radical (unpaired) electrons. The summed E-state index contributed by atoms with van der Waals surface area (Å²) in [7, 11) is 0. The van der Waals surface area contributed by atoms with Gasteiger partial charge in [0.25, 0.3) is 0 Å². The molecule has 0 aliphatic carbocycles. The zero-order valence-corrected chi connectivity index (χ0v) is 9.53. The highest BCUT2D eigenvalue weighted by molar-refractivity contribution is 9.10. The van der Waals surface area contributed by atoms with Crippen molar-refractivity contribution in [2.45, 2.75) is 0 Å². The Labute approximate surface area is 92.7 Å². The van der Waals surface area contributed by atoms with Crippen LogP contribution in [-0.4, -0.2) is 9.97 Å². The molecule has 2 aromatic heterocycles. The van der Waals surface area contributed by atoms with Crippen LogP contribution < -0.4 is 0 Å². The predicted octanol–water partition coefficient (Wildman–Crippen LogP) is 3.62. The van der Waals surface area contributed by atoms with Gasteiger partial charge in [-0.25, -0.2) is 9.97 Å². The SMILES string of the molecule is Clc1ncncc1-c1sccc1Br. The average Bonchev–Trinajstić information content (AvgIpc) is 2.52. The van der Waals surface area contributed by atoms with E-state index < -0.39 is 0 Å². The molecule has 0 unspecified atom stereocenters. The molecule has 2 aromatic rings. The fraction of sp³-hybridized carbons (Fsp3) is 0. The third-order valence-electron chi connectivity index (χ3n) is 1.53. The summed E-state index contributed by atoms with van der Waals surface area (Å²) in [6.07, 6.45) is 3.15. The van der Waals surface area contributed by atoms with Crippen molar-refractivity contribution in [2.75, 3.05) is 0 Å². The second kappa shape index (κ2) is 3.74. The van der Waals surface area contributed by atoms with Crippen molar-refractivity contribution < 1.29 is 0 Å². The van der Waals surface area contributed by atoms with E-state index in [1.807, 2.05) is 11.4 Å². The molecule has 0 saturated carbocycles. The van der Waals surface area contributed by atoms with E-state index in [9.17, 15) is 0 Å². The van der Waals surface area contributed by atoms with Crippen LogP contribution >= 0.6 is 38.9 Å². The fourth-order valence-electron chi connectivity index (χ4n) is 0.953. The summed E-state index contributed by atoms with van der Waals surface area (Å²) < 4.78 is 1.02. The lowest BCUT2D eigenvalue weighted by atomic mass is 10.3. The van der Waals surface area contributed by atoms with Crippen LogP contribution in [0.4, 0.5) is 0 Å². The van der Waals surface area contributed by atoms with E-state index in [0.29, 0.717) is 5.15 Å². The molecule has 0 aliphatic rings. The lowest BCUT2D eigenvalue weighted by Crippen LogP contribution is -1.82. The third kappa shape index (κ3) is 1.75. The minimum atomic E-state index is 0.484. The second-order valence-corrected chi connectivity index (χ2v) is 4.45. The van der Waals surface area contributed by atoms with Gasteiger partial charge in [-0.3, -0.25) is 0 Å². The molecule has 0 aromatic carbocycles. The topological polar surface area (TPSA) is 25.8 Å². The van der Waals surface area contributed by atoms with Gasteiger partial charge < -0.3 is 0 Å². The molecule has 0 aliphatic heterocycles. The molecular weight excluding hydrogens is 272 g/mol. The summed E-state index contributed by atoms with van der Waals surface area (Å²) in [6.45, 7) is 0. The lowest BCUT2D eigenvalue weighted by Gasteiger charge is -1.98. The van der Waals surface area contributed by atoms with Crippen molar-refractivity contribution in [1.82, 2.24) is 9.97 Å². The van der Waals surface area contributed by atoms with E-state index in [1.165, 1.54) is 6.33 Å². The van der Waals surface area contributed by atoms with Gasteiger partial charge in [0.15, 0.2) is 0 Å². The first kappa shape index (κ1) is 9.12. The van der Waals surface area contributed by atoms with Gasteiger partial charge in [0.05, 0.1) is 4.88 Å². The highest BCUT2D eigenvalue weighted by atomic mass is 79.9. The van der Waals surface area contributed by atoms with E-state index in [-0.39, 0.29) is 0 Å². The molecule has 13 heavy (non-hydrogen) atoms. The lowest BCUT2D eigenvalue weighted by molar-refractivity contribution is 1.17. The number of hydrogen-bond acceptors (Lipinski definition) is 3. The van der Waals surface area contributed by atoms with Crippen LogP contribution in [0, 0.1) is 0 Å². The summed E-state index contributed by atoms with van der Waals surface area (Å²) in [5, 5.41) is 2.47. The number of halogens is 2. The van der Waals surface area contributed by atoms with Crippen LogP contribution in [0.2, 0.25) is 5.15 Å². The van der Waals surface area contributed by atoms with E-state index in [0.717, 1.165) is 14.9 Å². The van der Waals surface area contributed by atoms with Gasteiger partial charge in [0, 0.05) is 16.2 Å². The van der Waals surface area contributed by atoms with Crippen LogP contribution in [0.25, 0.3) is 10.4 Å². The Bertz CT molecular complexity index is 430. The molecule has 0 bridgehead atoms. The fourth-order valence-corrected chi connectivity index (χ4v) is 2.79. The predicted molar refractivity (Wildman–Crippen MR) is 58.1 cm³/mol. The van der Waals surface area contributed by atoms with Crippen LogP contribution in [0.15, 0.2) is 28.4 Å². The van der Waals surface area contributed by atoms with Gasteiger partial charge in [0.1, 0.15) is 11.5 Å². The van der Waals surface area contributed by atoms with Crippen LogP contribution in [0.5, 0.6) is 0 Å². The Balaban J connectivity index is 2.59. The molecule has 5 heteroatoms. The van der Waals surface area contributed by atoms with E-state index >= 15 is 0 Å². The Morgan fingerprint density at radius 3 is 2.92 bits per heavy atom. The van der Waals surface area contributed by atoms with Crippen LogP contribution in [0.3, 0.4) is 0 Å². The standard InChI is InChI=1S/C8H4BrClN2S/c9-6-1-2-13-7(6)5-3-11-4-12-8(5)10/h1-4H. The monoisotopic (exact) mass is 274 g/mol. The van der Waals surface area contributed by atoms with Crippen LogP contribution in [-0.2, 0) is 0 Å². The highest BCUT2D eigenvalue weighted by Gasteiger charge is 2.08. The highest BCUT2D eigenvalue weighted by Crippen LogP contribution is 2.35. The molecule has 0 saturated heterocycles. The average molecular weight is 276 g/mol. The van der Waals surface area contributed by atoms with Gasteiger partial charge in [0.2, 0.25) is 0 Å². The maximum Gasteiger partial charge on any atom is 0.141 e. The van der Waals surface area contributed by atoms with Crippen molar-refractivity contribution in [1.29, 1.82) is 0 Å². The van der Waals surface area contributed by atoms with Crippen molar-refractivity contribution in [3.63, 3.8) is 0 Å². The minimum Gasteiger partial charge on any atom is -0.244 e. The molecule has 0 amide bonds. The van der Waals surface area contributed by atoms with Crippen molar-refractivity contribution >= 4 is 38.9 Å². The summed E-state index contributed by atoms with van der Waals surface area (Å²) in [5.74, 6) is 0. The van der Waals surface area contributed by atoms with Crippen LogP contribution in [0.1, 0.15) is 0 Å². The summed E-state index contributed by atoms with van der Waals surface area (Å²) in [4.78, 5) is 8.91. The number of hydrogen-bond donors (Lipinski definition) is 0. The molecule has 2 heterocycles. The normalized spacial score (nSPS) is 10.3. The first-order chi connectivity index (χ1) is 6.29. The summed E-state index contributed by atoms with van der Waals surface area (Å²) >= 11 is 11.0. The second-order valence-electron chi connectivity index (χ2n) is 2.32. The quantitative estimate of drug-likeness (QED) is 0.743. The number of nitrogens with zero attached hydrogens (tertiary/aromatic N) is 2. The van der Waals surface area contributed by atoms with Crippen molar-refractivity contribution in [3.05, 3.63) is 33.6 Å². The van der Waals surface area contributed by atoms with E-state index in [1.54, 1.807) is 17.5 Å². The maximum absolute atomic E-state index is 5.92. The number of thiophene rings is 1. The zero-order valence-electron chi connectivity index (χ0n) is 6.37. The molecule has 0 fully saturated rings. The maximum atomic E-state index is 5.92. The van der Waals surface area contributed by atoms with E-state index in [4.69, 9.17) is 11.6 Å². The van der Waals surface area contributed by atoms with Gasteiger partial charge >= 0.3 is 0 Å². The van der Waals surface area contributed by atoms with Gasteiger partial charge in [-0.05, 0) is 27.4 Å². The first-order valence-corrected chi connectivity index (χ1v) is 5.53. The smallest absolute Gasteiger partial charge is 0.141 e. The van der Waals surface area contributed by atoms with Gasteiger partial charge in [-0.15, -0.1) is 11.3 Å². The van der Waals surface area contributed by atoms with Crippen molar-refractivity contribution in [3.8, 4) is 10.4 Å². The Kier molecular flexibility index (Phi) is 2.62. The molecule has 66 valence electrons. The molecule has 0 N–H and O–H groups in total. The third-order valence-corrected chi connectivity index (χ3v) is 3.70.